The molecule has 0 unspecified atom stereocenters. The number of aromatic nitrogens is 2. The van der Waals surface area contributed by atoms with Crippen LogP contribution in [0, 0.1) is 0 Å². The predicted octanol–water partition coefficient (Wildman–Crippen LogP) is 2.83. The average Bonchev–Trinajstić information content (AvgIpc) is 2.81. The fourth-order valence-electron chi connectivity index (χ4n) is 1.67. The van der Waals surface area contributed by atoms with Gasteiger partial charge in [-0.05, 0) is 25.1 Å². The van der Waals surface area contributed by atoms with E-state index < -0.39 is 5.97 Å². The topological polar surface area (TPSA) is 64.4 Å². The van der Waals surface area contributed by atoms with Gasteiger partial charge in [-0.1, -0.05) is 23.7 Å². The lowest BCUT2D eigenvalue weighted by atomic mass is 10.3. The molecule has 1 N–H and O–H groups in total. The number of halogens is 1. The Labute approximate surface area is 115 Å². The Morgan fingerprint density at radius 2 is 2.21 bits per heavy atom. The number of carboxylic acid groups (broad SMARTS) is 1. The molecule has 0 radical (unpaired) electrons. The summed E-state index contributed by atoms with van der Waals surface area (Å²) in [4.78, 5) is 11.0. The molecule has 5 nitrogen and oxygen atoms in total. The van der Waals surface area contributed by atoms with E-state index in [1.54, 1.807) is 12.1 Å². The van der Waals surface area contributed by atoms with Crippen LogP contribution in [0.25, 0.3) is 0 Å². The number of nitrogens with zero attached hydrogens (tertiary/aromatic N) is 2. The molecule has 0 aliphatic heterocycles. The first-order valence-electron chi connectivity index (χ1n) is 5.79. The van der Waals surface area contributed by atoms with Crippen LogP contribution in [0.1, 0.15) is 23.1 Å². The van der Waals surface area contributed by atoms with Crippen LogP contribution in [-0.2, 0) is 13.2 Å². The molecule has 0 saturated heterocycles. The van der Waals surface area contributed by atoms with Gasteiger partial charge >= 0.3 is 5.97 Å². The summed E-state index contributed by atoms with van der Waals surface area (Å²) < 4.78 is 6.94. The van der Waals surface area contributed by atoms with Crippen molar-refractivity contribution in [2.24, 2.45) is 0 Å². The second kappa shape index (κ2) is 5.75. The minimum Gasteiger partial charge on any atom is -0.486 e. The van der Waals surface area contributed by atoms with E-state index in [2.05, 4.69) is 5.10 Å². The molecular formula is C13H13ClN2O3. The number of aromatic carboxylic acids is 1. The van der Waals surface area contributed by atoms with Gasteiger partial charge < -0.3 is 9.84 Å². The van der Waals surface area contributed by atoms with Gasteiger partial charge in [0.15, 0.2) is 0 Å². The lowest BCUT2D eigenvalue weighted by Gasteiger charge is -2.05. The van der Waals surface area contributed by atoms with Crippen molar-refractivity contribution in [2.75, 3.05) is 0 Å². The zero-order valence-electron chi connectivity index (χ0n) is 10.3. The third kappa shape index (κ3) is 3.06. The Hall–Kier alpha value is -2.01. The summed E-state index contributed by atoms with van der Waals surface area (Å²) in [7, 11) is 0. The van der Waals surface area contributed by atoms with E-state index in [9.17, 15) is 4.79 Å². The van der Waals surface area contributed by atoms with Gasteiger partial charge in [-0.25, -0.2) is 4.79 Å². The van der Waals surface area contributed by atoms with Crippen LogP contribution < -0.4 is 4.74 Å². The summed E-state index contributed by atoms with van der Waals surface area (Å²) >= 11 is 5.96. The third-order valence-corrected chi connectivity index (χ3v) is 2.87. The van der Waals surface area contributed by atoms with Crippen molar-refractivity contribution in [3.63, 3.8) is 0 Å². The van der Waals surface area contributed by atoms with Crippen molar-refractivity contribution >= 4 is 17.6 Å². The molecule has 0 amide bonds. The Kier molecular flexibility index (Phi) is 4.06. The van der Waals surface area contributed by atoms with Crippen LogP contribution in [0.3, 0.4) is 0 Å². The average molecular weight is 281 g/mol. The van der Waals surface area contributed by atoms with Crippen LogP contribution in [0.4, 0.5) is 0 Å². The maximum Gasteiger partial charge on any atom is 0.354 e. The Morgan fingerprint density at radius 3 is 2.79 bits per heavy atom. The molecule has 0 aliphatic rings. The van der Waals surface area contributed by atoms with Gasteiger partial charge in [0.2, 0.25) is 0 Å². The normalized spacial score (nSPS) is 10.4. The minimum absolute atomic E-state index is 0.153. The van der Waals surface area contributed by atoms with E-state index in [1.807, 2.05) is 19.1 Å². The number of hydrogen-bond acceptors (Lipinski definition) is 3. The lowest BCUT2D eigenvalue weighted by molar-refractivity contribution is 0.0683. The van der Waals surface area contributed by atoms with Gasteiger partial charge in [0.1, 0.15) is 23.7 Å². The third-order valence-electron chi connectivity index (χ3n) is 2.56. The second-order valence-corrected chi connectivity index (χ2v) is 4.27. The summed E-state index contributed by atoms with van der Waals surface area (Å²) in [6, 6.07) is 8.60. The van der Waals surface area contributed by atoms with E-state index in [4.69, 9.17) is 21.4 Å². The van der Waals surface area contributed by atoms with Crippen molar-refractivity contribution < 1.29 is 14.6 Å². The summed E-state index contributed by atoms with van der Waals surface area (Å²) in [5.41, 5.74) is 0.708. The first-order valence-corrected chi connectivity index (χ1v) is 6.17. The highest BCUT2D eigenvalue weighted by Crippen LogP contribution is 2.24. The zero-order chi connectivity index (χ0) is 13.8. The van der Waals surface area contributed by atoms with Gasteiger partial charge in [0, 0.05) is 6.54 Å². The number of rotatable bonds is 5. The molecule has 0 aliphatic carbocycles. The van der Waals surface area contributed by atoms with E-state index in [-0.39, 0.29) is 12.3 Å². The molecular weight excluding hydrogens is 268 g/mol. The number of ether oxygens (including phenoxy) is 1. The lowest BCUT2D eigenvalue weighted by Crippen LogP contribution is -2.08. The first-order chi connectivity index (χ1) is 9.11. The number of aryl methyl sites for hydroxylation is 1. The minimum atomic E-state index is -1.00. The molecule has 0 bridgehead atoms. The van der Waals surface area contributed by atoms with Gasteiger partial charge in [0.05, 0.1) is 5.02 Å². The van der Waals surface area contributed by atoms with Crippen molar-refractivity contribution in [3.8, 4) is 5.75 Å². The molecule has 2 aromatic rings. The number of benzene rings is 1. The highest BCUT2D eigenvalue weighted by atomic mass is 35.5. The maximum atomic E-state index is 11.0. The largest absolute Gasteiger partial charge is 0.486 e. The second-order valence-electron chi connectivity index (χ2n) is 3.86. The summed E-state index contributed by atoms with van der Waals surface area (Å²) in [6.45, 7) is 2.50. The molecule has 0 saturated carbocycles. The van der Waals surface area contributed by atoms with E-state index in [1.165, 1.54) is 10.7 Å². The number of carbonyl (C=O) groups is 1. The maximum absolute atomic E-state index is 11.0. The molecule has 6 heteroatoms. The van der Waals surface area contributed by atoms with E-state index in [0.29, 0.717) is 23.0 Å². The molecule has 0 fully saturated rings. The van der Waals surface area contributed by atoms with Gasteiger partial charge in [0.25, 0.3) is 0 Å². The van der Waals surface area contributed by atoms with Gasteiger partial charge in [-0.15, -0.1) is 0 Å². The zero-order valence-corrected chi connectivity index (χ0v) is 11.1. The number of para-hydroxylation sites is 1. The van der Waals surface area contributed by atoms with Crippen molar-refractivity contribution in [1.29, 1.82) is 0 Å². The van der Waals surface area contributed by atoms with Gasteiger partial charge in [-0.2, -0.15) is 5.10 Å². The summed E-state index contributed by atoms with van der Waals surface area (Å²) in [5, 5.41) is 13.7. The van der Waals surface area contributed by atoms with Crippen LogP contribution in [0.15, 0.2) is 30.3 Å². The molecule has 1 aromatic heterocycles. The predicted molar refractivity (Wildman–Crippen MR) is 70.6 cm³/mol. The number of hydrogen-bond donors (Lipinski definition) is 1. The van der Waals surface area contributed by atoms with Crippen molar-refractivity contribution in [2.45, 2.75) is 20.1 Å². The molecule has 0 spiro atoms. The van der Waals surface area contributed by atoms with Gasteiger partial charge in [-0.3, -0.25) is 4.68 Å². The number of carboxylic acids is 1. The van der Waals surface area contributed by atoms with E-state index >= 15 is 0 Å². The van der Waals surface area contributed by atoms with Crippen LogP contribution in [0.5, 0.6) is 5.75 Å². The summed E-state index contributed by atoms with van der Waals surface area (Å²) in [5.74, 6) is -0.453. The Balaban J connectivity index is 2.12. The van der Waals surface area contributed by atoms with Crippen molar-refractivity contribution in [3.05, 3.63) is 46.7 Å². The molecule has 19 heavy (non-hydrogen) atoms. The fraction of sp³-hybridized carbons (Fsp3) is 0.231. The van der Waals surface area contributed by atoms with Crippen molar-refractivity contribution in [1.82, 2.24) is 9.78 Å². The van der Waals surface area contributed by atoms with Crippen LogP contribution >= 0.6 is 11.6 Å². The molecule has 0 atom stereocenters. The highest BCUT2D eigenvalue weighted by Gasteiger charge is 2.13. The fourth-order valence-corrected chi connectivity index (χ4v) is 1.86. The smallest absolute Gasteiger partial charge is 0.354 e. The molecule has 2 rings (SSSR count). The Morgan fingerprint density at radius 1 is 1.47 bits per heavy atom. The molecule has 100 valence electrons. The van der Waals surface area contributed by atoms with E-state index in [0.717, 1.165) is 0 Å². The monoisotopic (exact) mass is 280 g/mol. The van der Waals surface area contributed by atoms with Crippen LogP contribution in [-0.4, -0.2) is 20.9 Å². The molecule has 1 heterocycles. The SMILES string of the molecule is CCn1nc(COc2ccccc2Cl)cc1C(=O)O. The Bertz CT molecular complexity index is 595. The van der Waals surface area contributed by atoms with Crippen LogP contribution in [0.2, 0.25) is 5.02 Å². The molecule has 1 aromatic carbocycles. The summed E-state index contributed by atoms with van der Waals surface area (Å²) in [6.07, 6.45) is 0. The highest BCUT2D eigenvalue weighted by molar-refractivity contribution is 6.32. The quantitative estimate of drug-likeness (QED) is 0.915. The standard InChI is InChI=1S/C13H13ClN2O3/c1-2-16-11(13(17)18)7-9(15-16)8-19-12-6-4-3-5-10(12)14/h3-7H,2,8H2,1H3,(H,17,18). The first kappa shape index (κ1) is 13.4.